The molecule has 1 aromatic rings. The van der Waals surface area contributed by atoms with E-state index in [0.717, 1.165) is 0 Å². The van der Waals surface area contributed by atoms with Crippen molar-refractivity contribution < 1.29 is 24.4 Å². The van der Waals surface area contributed by atoms with Crippen molar-refractivity contribution in [2.45, 2.75) is 12.7 Å². The number of hydrogen-bond acceptors (Lipinski definition) is 5. The normalized spacial score (nSPS) is 12.4. The van der Waals surface area contributed by atoms with Gasteiger partial charge in [0.05, 0.1) is 26.4 Å². The van der Waals surface area contributed by atoms with Crippen LogP contribution in [0.2, 0.25) is 5.02 Å². The van der Waals surface area contributed by atoms with E-state index in [0.29, 0.717) is 29.5 Å². The number of rotatable bonds is 9. The van der Waals surface area contributed by atoms with E-state index in [4.69, 9.17) is 30.9 Å². The van der Waals surface area contributed by atoms with Crippen LogP contribution in [0.25, 0.3) is 0 Å². The van der Waals surface area contributed by atoms with Crippen LogP contribution >= 0.6 is 11.6 Å². The SMILES string of the molecule is COCCOCC(O)COc1ccc(Cl)cc1CO. The van der Waals surface area contributed by atoms with Gasteiger partial charge >= 0.3 is 0 Å². The standard InChI is InChI=1S/C13H19ClO5/c1-17-4-5-18-8-12(16)9-19-13-3-2-11(14)6-10(13)7-15/h2-3,6,12,15-16H,4-5,7-9H2,1H3. The molecular weight excluding hydrogens is 272 g/mol. The van der Waals surface area contributed by atoms with E-state index in [9.17, 15) is 5.11 Å². The summed E-state index contributed by atoms with van der Waals surface area (Å²) in [5.74, 6) is 0.503. The highest BCUT2D eigenvalue weighted by atomic mass is 35.5. The number of halogens is 1. The zero-order valence-electron chi connectivity index (χ0n) is 10.8. The number of hydrogen-bond donors (Lipinski definition) is 2. The molecule has 0 amide bonds. The number of aliphatic hydroxyl groups is 2. The molecule has 1 unspecified atom stereocenters. The maximum absolute atomic E-state index is 9.65. The Morgan fingerprint density at radius 1 is 1.26 bits per heavy atom. The quantitative estimate of drug-likeness (QED) is 0.670. The molecule has 5 nitrogen and oxygen atoms in total. The molecule has 0 aromatic heterocycles. The minimum Gasteiger partial charge on any atom is -0.490 e. The van der Waals surface area contributed by atoms with E-state index in [-0.39, 0.29) is 19.8 Å². The van der Waals surface area contributed by atoms with Crippen LogP contribution in [0.3, 0.4) is 0 Å². The summed E-state index contributed by atoms with van der Waals surface area (Å²) < 4.78 is 15.4. The molecule has 0 fully saturated rings. The molecule has 1 aromatic carbocycles. The Morgan fingerprint density at radius 3 is 2.74 bits per heavy atom. The van der Waals surface area contributed by atoms with Crippen LogP contribution in [-0.2, 0) is 16.1 Å². The van der Waals surface area contributed by atoms with Gasteiger partial charge in [-0.3, -0.25) is 0 Å². The van der Waals surface area contributed by atoms with Crippen molar-refractivity contribution in [1.29, 1.82) is 0 Å². The molecule has 0 bridgehead atoms. The van der Waals surface area contributed by atoms with Gasteiger partial charge in [-0.1, -0.05) is 11.6 Å². The van der Waals surface area contributed by atoms with E-state index in [2.05, 4.69) is 0 Å². The van der Waals surface area contributed by atoms with Crippen LogP contribution < -0.4 is 4.74 Å². The maximum Gasteiger partial charge on any atom is 0.125 e. The molecule has 1 rings (SSSR count). The monoisotopic (exact) mass is 290 g/mol. The van der Waals surface area contributed by atoms with Crippen molar-refractivity contribution >= 4 is 11.6 Å². The average molecular weight is 291 g/mol. The lowest BCUT2D eigenvalue weighted by Crippen LogP contribution is -2.24. The molecule has 19 heavy (non-hydrogen) atoms. The summed E-state index contributed by atoms with van der Waals surface area (Å²) >= 11 is 5.81. The molecule has 0 radical (unpaired) electrons. The first-order valence-electron chi connectivity index (χ1n) is 5.94. The minimum absolute atomic E-state index is 0.0849. The first-order chi connectivity index (χ1) is 9.17. The average Bonchev–Trinajstić information content (AvgIpc) is 2.42. The Balaban J connectivity index is 2.35. The highest BCUT2D eigenvalue weighted by Crippen LogP contribution is 2.22. The topological polar surface area (TPSA) is 68.2 Å². The van der Waals surface area contributed by atoms with Gasteiger partial charge < -0.3 is 24.4 Å². The Morgan fingerprint density at radius 2 is 2.05 bits per heavy atom. The lowest BCUT2D eigenvalue weighted by molar-refractivity contribution is -0.00445. The van der Waals surface area contributed by atoms with E-state index >= 15 is 0 Å². The van der Waals surface area contributed by atoms with E-state index in [1.54, 1.807) is 25.3 Å². The van der Waals surface area contributed by atoms with E-state index < -0.39 is 6.10 Å². The van der Waals surface area contributed by atoms with Gasteiger partial charge in [0.1, 0.15) is 18.5 Å². The molecule has 108 valence electrons. The summed E-state index contributed by atoms with van der Waals surface area (Å²) in [6.45, 7) is 0.999. The number of aliphatic hydroxyl groups excluding tert-OH is 2. The Kier molecular flexibility index (Phi) is 7.78. The predicted octanol–water partition coefficient (Wildman–Crippen LogP) is 1.23. The molecule has 0 saturated carbocycles. The van der Waals surface area contributed by atoms with Crippen LogP contribution in [0.15, 0.2) is 18.2 Å². The summed E-state index contributed by atoms with van der Waals surface area (Å²) in [6.07, 6.45) is -0.737. The highest BCUT2D eigenvalue weighted by Gasteiger charge is 2.08. The number of methoxy groups -OCH3 is 1. The number of benzene rings is 1. The van der Waals surface area contributed by atoms with Gasteiger partial charge in [0.15, 0.2) is 0 Å². The molecule has 6 heteroatoms. The Labute approximate surface area is 117 Å². The van der Waals surface area contributed by atoms with Gasteiger partial charge in [0, 0.05) is 17.7 Å². The molecule has 0 aliphatic heterocycles. The molecule has 2 N–H and O–H groups in total. The van der Waals surface area contributed by atoms with Gasteiger partial charge in [-0.2, -0.15) is 0 Å². The van der Waals surface area contributed by atoms with Crippen LogP contribution in [0.4, 0.5) is 0 Å². The lowest BCUT2D eigenvalue weighted by atomic mass is 10.2. The van der Waals surface area contributed by atoms with E-state index in [1.807, 2.05) is 0 Å². The van der Waals surface area contributed by atoms with Crippen LogP contribution in [0.1, 0.15) is 5.56 Å². The van der Waals surface area contributed by atoms with Crippen molar-refractivity contribution in [3.05, 3.63) is 28.8 Å². The van der Waals surface area contributed by atoms with E-state index in [1.165, 1.54) is 0 Å². The maximum atomic E-state index is 9.65. The van der Waals surface area contributed by atoms with Crippen molar-refractivity contribution in [3.63, 3.8) is 0 Å². The second kappa shape index (κ2) is 9.12. The third-order valence-electron chi connectivity index (χ3n) is 2.37. The number of ether oxygens (including phenoxy) is 3. The van der Waals surface area contributed by atoms with Crippen LogP contribution in [0.5, 0.6) is 5.75 Å². The molecule has 1 atom stereocenters. The smallest absolute Gasteiger partial charge is 0.125 e. The molecule has 0 saturated heterocycles. The van der Waals surface area contributed by atoms with Crippen LogP contribution in [0, 0.1) is 0 Å². The second-order valence-electron chi connectivity index (χ2n) is 3.94. The molecule has 0 spiro atoms. The fourth-order valence-corrected chi connectivity index (χ4v) is 1.60. The lowest BCUT2D eigenvalue weighted by Gasteiger charge is -2.14. The summed E-state index contributed by atoms with van der Waals surface area (Å²) in [7, 11) is 1.58. The largest absolute Gasteiger partial charge is 0.490 e. The van der Waals surface area contributed by atoms with Gasteiger partial charge in [0.25, 0.3) is 0 Å². The van der Waals surface area contributed by atoms with Gasteiger partial charge in [-0.25, -0.2) is 0 Å². The zero-order chi connectivity index (χ0) is 14.1. The van der Waals surface area contributed by atoms with Gasteiger partial charge in [-0.15, -0.1) is 0 Å². The second-order valence-corrected chi connectivity index (χ2v) is 4.38. The van der Waals surface area contributed by atoms with Gasteiger partial charge in [0.2, 0.25) is 0 Å². The summed E-state index contributed by atoms with van der Waals surface area (Å²) in [6, 6.07) is 4.95. The summed E-state index contributed by atoms with van der Waals surface area (Å²) in [4.78, 5) is 0. The van der Waals surface area contributed by atoms with Crippen LogP contribution in [-0.4, -0.2) is 49.9 Å². The summed E-state index contributed by atoms with van der Waals surface area (Å²) in [5, 5.41) is 19.3. The first-order valence-corrected chi connectivity index (χ1v) is 6.32. The fourth-order valence-electron chi connectivity index (χ4n) is 1.41. The van der Waals surface area contributed by atoms with Crippen molar-refractivity contribution in [2.75, 3.05) is 33.5 Å². The first kappa shape index (κ1) is 16.2. The molecule has 0 heterocycles. The van der Waals surface area contributed by atoms with Gasteiger partial charge in [-0.05, 0) is 18.2 Å². The Bertz CT molecular complexity index is 372. The third kappa shape index (κ3) is 6.22. The zero-order valence-corrected chi connectivity index (χ0v) is 11.6. The van der Waals surface area contributed by atoms with Crippen molar-refractivity contribution in [3.8, 4) is 5.75 Å². The molecule has 0 aliphatic rings. The van der Waals surface area contributed by atoms with Crippen molar-refractivity contribution in [2.24, 2.45) is 0 Å². The third-order valence-corrected chi connectivity index (χ3v) is 2.60. The van der Waals surface area contributed by atoms with Crippen molar-refractivity contribution in [1.82, 2.24) is 0 Å². The highest BCUT2D eigenvalue weighted by molar-refractivity contribution is 6.30. The predicted molar refractivity (Wildman–Crippen MR) is 71.6 cm³/mol. The molecule has 0 aliphatic carbocycles. The molecular formula is C13H19ClO5. The minimum atomic E-state index is -0.737. The summed E-state index contributed by atoms with van der Waals surface area (Å²) in [5.41, 5.74) is 0.583. The fraction of sp³-hybridized carbons (Fsp3) is 0.538. The Hall–Kier alpha value is -0.850.